The molecule has 0 spiro atoms. The number of aryl methyl sites for hydroxylation is 2. The Hall–Kier alpha value is -2.75. The summed E-state index contributed by atoms with van der Waals surface area (Å²) in [5.41, 5.74) is 8.02. The van der Waals surface area contributed by atoms with Crippen molar-refractivity contribution in [2.75, 3.05) is 6.54 Å². The summed E-state index contributed by atoms with van der Waals surface area (Å²) in [7, 11) is 0. The average Bonchev–Trinajstić information content (AvgIpc) is 3.08. The molecule has 2 aromatic heterocycles. The monoisotopic (exact) mass is 467 g/mol. The molecular formula is C20H27Cl2N7O2. The highest BCUT2D eigenvalue weighted by Crippen LogP contribution is 2.17. The Morgan fingerprint density at radius 3 is 2.45 bits per heavy atom. The van der Waals surface area contributed by atoms with Crippen LogP contribution in [-0.4, -0.2) is 36.8 Å². The molecule has 0 aliphatic heterocycles. The fourth-order valence-electron chi connectivity index (χ4n) is 3.06. The van der Waals surface area contributed by atoms with E-state index in [-0.39, 0.29) is 49.0 Å². The molecule has 0 aliphatic rings. The van der Waals surface area contributed by atoms with E-state index in [1.54, 1.807) is 13.8 Å². The van der Waals surface area contributed by atoms with Gasteiger partial charge in [0.25, 0.3) is 0 Å². The zero-order valence-electron chi connectivity index (χ0n) is 17.6. The minimum absolute atomic E-state index is 0. The maximum Gasteiger partial charge on any atom is 0.348 e. The van der Waals surface area contributed by atoms with Gasteiger partial charge in [-0.3, -0.25) is 9.36 Å². The molecule has 9 nitrogen and oxygen atoms in total. The second-order valence-electron chi connectivity index (χ2n) is 6.93. The molecule has 1 atom stereocenters. The normalized spacial score (nSPS) is 11.2. The van der Waals surface area contributed by atoms with Crippen LogP contribution in [0.25, 0.3) is 11.4 Å². The Morgan fingerprint density at radius 1 is 1.16 bits per heavy atom. The third-order valence-corrected chi connectivity index (χ3v) is 4.44. The number of halogens is 2. The lowest BCUT2D eigenvalue weighted by molar-refractivity contribution is -0.121. The van der Waals surface area contributed by atoms with Crippen LogP contribution in [0.4, 0.5) is 0 Å². The molecular weight excluding hydrogens is 441 g/mol. The van der Waals surface area contributed by atoms with Crippen LogP contribution in [0.15, 0.2) is 41.2 Å². The Bertz CT molecular complexity index is 1070. The molecule has 2 heterocycles. The molecule has 31 heavy (non-hydrogen) atoms. The van der Waals surface area contributed by atoms with Crippen molar-refractivity contribution in [2.45, 2.75) is 39.9 Å². The van der Waals surface area contributed by atoms with Gasteiger partial charge in [-0.15, -0.1) is 24.8 Å². The Balaban J connectivity index is 0.00000240. The van der Waals surface area contributed by atoms with E-state index in [0.29, 0.717) is 30.4 Å². The van der Waals surface area contributed by atoms with Crippen LogP contribution in [0, 0.1) is 13.8 Å². The lowest BCUT2D eigenvalue weighted by Gasteiger charge is -2.11. The molecule has 1 aromatic carbocycles. The van der Waals surface area contributed by atoms with Gasteiger partial charge in [-0.1, -0.05) is 30.3 Å². The van der Waals surface area contributed by atoms with Gasteiger partial charge in [-0.2, -0.15) is 10.1 Å². The van der Waals surface area contributed by atoms with Gasteiger partial charge in [0.05, 0.1) is 6.04 Å². The van der Waals surface area contributed by atoms with Crippen LogP contribution in [-0.2, 0) is 17.9 Å². The third kappa shape index (κ3) is 6.61. The predicted molar refractivity (Wildman–Crippen MR) is 124 cm³/mol. The molecule has 0 aliphatic carbocycles. The van der Waals surface area contributed by atoms with E-state index in [4.69, 9.17) is 5.73 Å². The van der Waals surface area contributed by atoms with E-state index in [1.807, 2.05) is 43.3 Å². The van der Waals surface area contributed by atoms with Crippen LogP contribution >= 0.6 is 24.8 Å². The van der Waals surface area contributed by atoms with Crippen molar-refractivity contribution >= 4 is 30.7 Å². The van der Waals surface area contributed by atoms with Crippen molar-refractivity contribution in [3.63, 3.8) is 0 Å². The molecule has 3 rings (SSSR count). The zero-order valence-corrected chi connectivity index (χ0v) is 19.2. The Morgan fingerprint density at radius 2 is 1.84 bits per heavy atom. The topological polar surface area (TPSA) is 121 Å². The average molecular weight is 468 g/mol. The van der Waals surface area contributed by atoms with Crippen molar-refractivity contribution in [1.29, 1.82) is 0 Å². The number of carbonyl (C=O) groups is 1. The van der Waals surface area contributed by atoms with Crippen LogP contribution in [0.1, 0.15) is 30.2 Å². The van der Waals surface area contributed by atoms with Crippen molar-refractivity contribution in [2.24, 2.45) is 5.73 Å². The summed E-state index contributed by atoms with van der Waals surface area (Å²) in [6.45, 7) is 6.06. The van der Waals surface area contributed by atoms with Gasteiger partial charge >= 0.3 is 5.69 Å². The first-order chi connectivity index (χ1) is 13.8. The number of nitrogens with two attached hydrogens (primary N) is 1. The standard InChI is InChI=1S/C20H25N7O2.2ClH/c1-13-11-14(2)26(20(29)23-13)10-9-22-17(28)12-27-19(15(3)21)24-18(25-27)16-7-5-4-6-8-16;;/h4-8,11,15H,9-10,12,21H2,1-3H3,(H,22,28);2*1H/t15-;;/m0../s1. The Labute approximate surface area is 192 Å². The number of benzene rings is 1. The quantitative estimate of drug-likeness (QED) is 0.546. The molecule has 0 unspecified atom stereocenters. The van der Waals surface area contributed by atoms with Crippen molar-refractivity contribution in [3.05, 3.63) is 64.1 Å². The van der Waals surface area contributed by atoms with Gasteiger partial charge in [-0.25, -0.2) is 14.5 Å². The van der Waals surface area contributed by atoms with Crippen LogP contribution in [0.5, 0.6) is 0 Å². The van der Waals surface area contributed by atoms with Gasteiger partial charge in [0.15, 0.2) is 5.82 Å². The molecule has 1 amide bonds. The highest BCUT2D eigenvalue weighted by molar-refractivity contribution is 5.85. The van der Waals surface area contributed by atoms with Gasteiger partial charge in [-0.05, 0) is 26.8 Å². The van der Waals surface area contributed by atoms with Crippen molar-refractivity contribution < 1.29 is 4.79 Å². The first-order valence-corrected chi connectivity index (χ1v) is 9.42. The smallest absolute Gasteiger partial charge is 0.348 e. The maximum absolute atomic E-state index is 12.4. The van der Waals surface area contributed by atoms with E-state index >= 15 is 0 Å². The van der Waals surface area contributed by atoms with Gasteiger partial charge in [0.2, 0.25) is 5.91 Å². The molecule has 168 valence electrons. The predicted octanol–water partition coefficient (Wildman–Crippen LogP) is 1.80. The summed E-state index contributed by atoms with van der Waals surface area (Å²) in [6.07, 6.45) is 0. The highest BCUT2D eigenvalue weighted by atomic mass is 35.5. The van der Waals surface area contributed by atoms with E-state index in [2.05, 4.69) is 20.4 Å². The van der Waals surface area contributed by atoms with Crippen LogP contribution < -0.4 is 16.7 Å². The largest absolute Gasteiger partial charge is 0.353 e. The second kappa shape index (κ2) is 11.6. The van der Waals surface area contributed by atoms with Gasteiger partial charge < -0.3 is 11.1 Å². The summed E-state index contributed by atoms with van der Waals surface area (Å²) in [6, 6.07) is 11.0. The third-order valence-electron chi connectivity index (χ3n) is 4.44. The lowest BCUT2D eigenvalue weighted by atomic mass is 10.2. The van der Waals surface area contributed by atoms with Gasteiger partial charge in [0.1, 0.15) is 12.4 Å². The summed E-state index contributed by atoms with van der Waals surface area (Å²) in [5.74, 6) is 0.828. The summed E-state index contributed by atoms with van der Waals surface area (Å²) >= 11 is 0. The molecule has 0 radical (unpaired) electrons. The fourth-order valence-corrected chi connectivity index (χ4v) is 3.06. The van der Waals surface area contributed by atoms with Gasteiger partial charge in [0, 0.05) is 30.0 Å². The molecule has 3 aromatic rings. The number of carbonyl (C=O) groups excluding carboxylic acids is 1. The molecule has 0 bridgehead atoms. The lowest BCUT2D eigenvalue weighted by Crippen LogP contribution is -2.35. The van der Waals surface area contributed by atoms with E-state index in [9.17, 15) is 9.59 Å². The SMILES string of the molecule is Cc1cc(C)n(CCNC(=O)Cn2nc(-c3ccccc3)nc2[C@H](C)N)c(=O)n1.Cl.Cl. The summed E-state index contributed by atoms with van der Waals surface area (Å²) in [4.78, 5) is 32.8. The maximum atomic E-state index is 12.4. The van der Waals surface area contributed by atoms with E-state index in [0.717, 1.165) is 11.3 Å². The summed E-state index contributed by atoms with van der Waals surface area (Å²) in [5, 5.41) is 7.25. The second-order valence-corrected chi connectivity index (χ2v) is 6.93. The number of hydrogen-bond donors (Lipinski definition) is 2. The molecule has 3 N–H and O–H groups in total. The Kier molecular flexibility index (Phi) is 9.83. The number of rotatable bonds is 7. The highest BCUT2D eigenvalue weighted by Gasteiger charge is 2.17. The van der Waals surface area contributed by atoms with E-state index in [1.165, 1.54) is 9.25 Å². The minimum Gasteiger partial charge on any atom is -0.353 e. The first-order valence-electron chi connectivity index (χ1n) is 9.42. The van der Waals surface area contributed by atoms with Crippen LogP contribution in [0.2, 0.25) is 0 Å². The van der Waals surface area contributed by atoms with Crippen molar-refractivity contribution in [3.8, 4) is 11.4 Å². The van der Waals surface area contributed by atoms with Crippen molar-refractivity contribution in [1.82, 2.24) is 29.6 Å². The van der Waals surface area contributed by atoms with Crippen LogP contribution in [0.3, 0.4) is 0 Å². The molecule has 11 heteroatoms. The van der Waals surface area contributed by atoms with E-state index < -0.39 is 0 Å². The number of amides is 1. The minimum atomic E-state index is -0.368. The number of hydrogen-bond acceptors (Lipinski definition) is 6. The molecule has 0 saturated heterocycles. The summed E-state index contributed by atoms with van der Waals surface area (Å²) < 4.78 is 3.05. The number of nitrogens with zero attached hydrogens (tertiary/aromatic N) is 5. The fraction of sp³-hybridized carbons (Fsp3) is 0.350. The molecule has 0 fully saturated rings. The zero-order chi connectivity index (χ0) is 21.0. The first kappa shape index (κ1) is 26.3. The number of aromatic nitrogens is 5. The number of nitrogens with one attached hydrogen (secondary N) is 1. The molecule has 0 saturated carbocycles.